The Kier molecular flexibility index (Phi) is 5.62. The van der Waals surface area contributed by atoms with Crippen LogP contribution in [0.2, 0.25) is 0 Å². The third-order valence-corrected chi connectivity index (χ3v) is 5.83. The Morgan fingerprint density at radius 2 is 1.88 bits per heavy atom. The van der Waals surface area contributed by atoms with Gasteiger partial charge in [-0.15, -0.1) is 0 Å². The number of ether oxygens (including phenoxy) is 1. The lowest BCUT2D eigenvalue weighted by molar-refractivity contribution is 0.163. The van der Waals surface area contributed by atoms with E-state index in [1.807, 2.05) is 30.8 Å². The molecule has 0 unspecified atom stereocenters. The number of aryl methyl sites for hydroxylation is 2. The molecule has 33 heavy (non-hydrogen) atoms. The van der Waals surface area contributed by atoms with Crippen LogP contribution in [0, 0.1) is 18.6 Å². The monoisotopic (exact) mass is 450 g/mol. The normalized spacial score (nSPS) is 14.7. The molecule has 0 saturated carbocycles. The maximum absolute atomic E-state index is 14.0. The highest BCUT2D eigenvalue weighted by atomic mass is 19.1. The van der Waals surface area contributed by atoms with E-state index in [-0.39, 0.29) is 11.9 Å². The van der Waals surface area contributed by atoms with Gasteiger partial charge in [-0.2, -0.15) is 5.10 Å². The predicted molar refractivity (Wildman–Crippen MR) is 121 cm³/mol. The molecule has 4 heterocycles. The first-order chi connectivity index (χ1) is 16.0. The molecule has 1 aromatic carbocycles. The fourth-order valence-electron chi connectivity index (χ4n) is 4.06. The van der Waals surface area contributed by atoms with E-state index in [2.05, 4.69) is 15.0 Å². The van der Waals surface area contributed by atoms with Crippen molar-refractivity contribution in [2.75, 3.05) is 18.0 Å². The van der Waals surface area contributed by atoms with Gasteiger partial charge in [0, 0.05) is 56.0 Å². The summed E-state index contributed by atoms with van der Waals surface area (Å²) in [4.78, 5) is 16.4. The van der Waals surface area contributed by atoms with Crippen LogP contribution in [0.15, 0.2) is 42.9 Å². The highest BCUT2D eigenvalue weighted by molar-refractivity contribution is 5.83. The van der Waals surface area contributed by atoms with Gasteiger partial charge < -0.3 is 9.64 Å². The average molecular weight is 450 g/mol. The summed E-state index contributed by atoms with van der Waals surface area (Å²) in [6.07, 6.45) is 6.71. The molecule has 9 heteroatoms. The lowest BCUT2D eigenvalue weighted by atomic mass is 10.1. The molecule has 1 fully saturated rings. The number of rotatable bonds is 5. The van der Waals surface area contributed by atoms with Crippen LogP contribution in [-0.2, 0) is 6.54 Å². The van der Waals surface area contributed by atoms with Crippen molar-refractivity contribution < 1.29 is 13.5 Å². The van der Waals surface area contributed by atoms with Gasteiger partial charge in [-0.3, -0.25) is 9.67 Å². The lowest BCUT2D eigenvalue weighted by Gasteiger charge is -2.33. The van der Waals surface area contributed by atoms with E-state index in [0.29, 0.717) is 25.9 Å². The maximum Gasteiger partial charge on any atom is 0.167 e. The number of nitrogens with zero attached hydrogens (tertiary/aromatic N) is 6. The number of halogens is 2. The van der Waals surface area contributed by atoms with E-state index in [9.17, 15) is 8.78 Å². The molecule has 0 bridgehead atoms. The number of hydrogen-bond donors (Lipinski definition) is 0. The first-order valence-electron chi connectivity index (χ1n) is 11.0. The zero-order chi connectivity index (χ0) is 22.9. The molecule has 4 aromatic rings. The Balaban J connectivity index is 1.42. The number of hydrogen-bond acceptors (Lipinski definition) is 6. The van der Waals surface area contributed by atoms with E-state index in [1.165, 1.54) is 12.1 Å². The lowest BCUT2D eigenvalue weighted by Crippen LogP contribution is -2.39. The molecule has 0 spiro atoms. The molecule has 0 atom stereocenters. The van der Waals surface area contributed by atoms with Crippen molar-refractivity contribution in [3.8, 4) is 17.0 Å². The molecule has 7 nitrogen and oxygen atoms in total. The number of piperidine rings is 1. The summed E-state index contributed by atoms with van der Waals surface area (Å²) in [5.74, 6) is -0.433. The smallest absolute Gasteiger partial charge is 0.167 e. The molecule has 0 N–H and O–H groups in total. The fourth-order valence-corrected chi connectivity index (χ4v) is 4.06. The van der Waals surface area contributed by atoms with Gasteiger partial charge in [-0.05, 0) is 32.0 Å². The largest absolute Gasteiger partial charge is 0.487 e. The Morgan fingerprint density at radius 3 is 2.61 bits per heavy atom. The standard InChI is InChI=1S/C24H24F2N6O/c1-3-32-14-16(12-28-32)23-24(30-20-10-15(2)27-13-21(20)29-23)31-8-6-18(7-9-31)33-22-5-4-17(25)11-19(22)26/h4-5,10-14,18H,3,6-9H2,1-2H3. The number of anilines is 1. The van der Waals surface area contributed by atoms with Crippen LogP contribution in [0.25, 0.3) is 22.3 Å². The zero-order valence-corrected chi connectivity index (χ0v) is 18.5. The van der Waals surface area contributed by atoms with Crippen LogP contribution in [0.4, 0.5) is 14.6 Å². The molecular formula is C24H24F2N6O. The van der Waals surface area contributed by atoms with E-state index in [0.717, 1.165) is 46.4 Å². The van der Waals surface area contributed by atoms with Crippen molar-refractivity contribution >= 4 is 16.9 Å². The molecule has 5 rings (SSSR count). The molecule has 1 aliphatic heterocycles. The van der Waals surface area contributed by atoms with Gasteiger partial charge in [0.25, 0.3) is 0 Å². The van der Waals surface area contributed by atoms with Crippen LogP contribution >= 0.6 is 0 Å². The summed E-state index contributed by atoms with van der Waals surface area (Å²) < 4.78 is 34.8. The van der Waals surface area contributed by atoms with Gasteiger partial charge in [0.15, 0.2) is 17.4 Å². The molecule has 3 aromatic heterocycles. The first-order valence-corrected chi connectivity index (χ1v) is 11.0. The Bertz CT molecular complexity index is 1300. The molecule has 0 aliphatic carbocycles. The summed E-state index contributed by atoms with van der Waals surface area (Å²) >= 11 is 0. The highest BCUT2D eigenvalue weighted by Crippen LogP contribution is 2.32. The maximum atomic E-state index is 14.0. The summed E-state index contributed by atoms with van der Waals surface area (Å²) in [6, 6.07) is 5.32. The Morgan fingerprint density at radius 1 is 1.06 bits per heavy atom. The second-order valence-corrected chi connectivity index (χ2v) is 8.17. The van der Waals surface area contributed by atoms with Crippen LogP contribution < -0.4 is 9.64 Å². The van der Waals surface area contributed by atoms with Gasteiger partial charge in [0.2, 0.25) is 0 Å². The van der Waals surface area contributed by atoms with Crippen LogP contribution in [0.1, 0.15) is 25.5 Å². The van der Waals surface area contributed by atoms with E-state index in [1.54, 1.807) is 12.4 Å². The average Bonchev–Trinajstić information content (AvgIpc) is 3.30. The Labute approximate surface area is 190 Å². The topological polar surface area (TPSA) is 69.0 Å². The second-order valence-electron chi connectivity index (χ2n) is 8.17. The van der Waals surface area contributed by atoms with Gasteiger partial charge in [0.05, 0.1) is 17.9 Å². The van der Waals surface area contributed by atoms with Gasteiger partial charge in [-0.25, -0.2) is 18.7 Å². The quantitative estimate of drug-likeness (QED) is 0.445. The van der Waals surface area contributed by atoms with E-state index in [4.69, 9.17) is 14.7 Å². The zero-order valence-electron chi connectivity index (χ0n) is 18.5. The van der Waals surface area contributed by atoms with Crippen molar-refractivity contribution in [2.45, 2.75) is 39.3 Å². The van der Waals surface area contributed by atoms with Crippen molar-refractivity contribution in [3.63, 3.8) is 0 Å². The summed E-state index contributed by atoms with van der Waals surface area (Å²) in [7, 11) is 0. The molecular weight excluding hydrogens is 426 g/mol. The molecule has 0 amide bonds. The van der Waals surface area contributed by atoms with Gasteiger partial charge in [-0.1, -0.05) is 0 Å². The van der Waals surface area contributed by atoms with Gasteiger partial charge in [0.1, 0.15) is 23.1 Å². The first kappa shape index (κ1) is 21.2. The predicted octanol–water partition coefficient (Wildman–Crippen LogP) is 4.54. The van der Waals surface area contributed by atoms with Crippen molar-refractivity contribution in [2.24, 2.45) is 0 Å². The highest BCUT2D eigenvalue weighted by Gasteiger charge is 2.26. The van der Waals surface area contributed by atoms with E-state index < -0.39 is 11.6 Å². The second kappa shape index (κ2) is 8.73. The number of benzene rings is 1. The van der Waals surface area contributed by atoms with Crippen LogP contribution in [0.5, 0.6) is 5.75 Å². The SMILES string of the molecule is CCn1cc(-c2nc3cnc(C)cc3nc2N2CCC(Oc3ccc(F)cc3F)CC2)cn1. The summed E-state index contributed by atoms with van der Waals surface area (Å²) in [5.41, 5.74) is 4.05. The number of fused-ring (bicyclic) bond motifs is 1. The Hall–Kier alpha value is -3.62. The number of aromatic nitrogens is 5. The molecule has 170 valence electrons. The van der Waals surface area contributed by atoms with Crippen molar-refractivity contribution in [3.05, 3.63) is 60.2 Å². The minimum absolute atomic E-state index is 0.0796. The van der Waals surface area contributed by atoms with E-state index >= 15 is 0 Å². The minimum atomic E-state index is -0.683. The third kappa shape index (κ3) is 4.35. The van der Waals surface area contributed by atoms with Crippen molar-refractivity contribution in [1.29, 1.82) is 0 Å². The van der Waals surface area contributed by atoms with Gasteiger partial charge >= 0.3 is 0 Å². The molecule has 1 saturated heterocycles. The van der Waals surface area contributed by atoms with Crippen molar-refractivity contribution in [1.82, 2.24) is 24.7 Å². The minimum Gasteiger partial charge on any atom is -0.487 e. The van der Waals surface area contributed by atoms with Crippen LogP contribution in [-0.4, -0.2) is 43.9 Å². The third-order valence-electron chi connectivity index (χ3n) is 5.83. The van der Waals surface area contributed by atoms with Crippen LogP contribution in [0.3, 0.4) is 0 Å². The summed E-state index contributed by atoms with van der Waals surface area (Å²) in [5, 5.41) is 4.40. The summed E-state index contributed by atoms with van der Waals surface area (Å²) in [6.45, 7) is 6.07. The molecule has 0 radical (unpaired) electrons. The molecule has 1 aliphatic rings. The fraction of sp³-hybridized carbons (Fsp3) is 0.333. The number of pyridine rings is 1.